The third kappa shape index (κ3) is 3.88. The summed E-state index contributed by atoms with van der Waals surface area (Å²) < 4.78 is 5.82. The normalized spacial score (nSPS) is 11.8. The second-order valence-corrected chi connectivity index (χ2v) is 5.58. The zero-order valence-corrected chi connectivity index (χ0v) is 13.6. The molecule has 1 unspecified atom stereocenters. The van der Waals surface area contributed by atoms with E-state index in [1.165, 1.54) is 5.56 Å². The average Bonchev–Trinajstić information content (AvgIpc) is 2.50. The Labute approximate surface area is 132 Å². The molecule has 0 saturated heterocycles. The molecule has 1 N–H and O–H groups in total. The van der Waals surface area contributed by atoms with E-state index in [1.807, 2.05) is 70.2 Å². The van der Waals surface area contributed by atoms with Gasteiger partial charge in [0.15, 0.2) is 6.10 Å². The Morgan fingerprint density at radius 3 is 2.18 bits per heavy atom. The van der Waals surface area contributed by atoms with E-state index >= 15 is 0 Å². The van der Waals surface area contributed by atoms with Crippen LogP contribution in [-0.2, 0) is 4.79 Å². The van der Waals surface area contributed by atoms with Crippen molar-refractivity contribution < 1.29 is 9.53 Å². The molecule has 0 aliphatic heterocycles. The van der Waals surface area contributed by atoms with Crippen molar-refractivity contribution in [3.63, 3.8) is 0 Å². The molecule has 0 radical (unpaired) electrons. The number of benzene rings is 2. The number of para-hydroxylation sites is 1. The van der Waals surface area contributed by atoms with E-state index in [2.05, 4.69) is 5.32 Å². The summed E-state index contributed by atoms with van der Waals surface area (Å²) in [4.78, 5) is 12.5. The maximum atomic E-state index is 12.5. The van der Waals surface area contributed by atoms with Gasteiger partial charge in [-0.15, -0.1) is 0 Å². The molecule has 0 aliphatic rings. The van der Waals surface area contributed by atoms with E-state index in [0.29, 0.717) is 12.2 Å². The summed E-state index contributed by atoms with van der Waals surface area (Å²) in [6, 6.07) is 13.7. The third-order valence-corrected chi connectivity index (χ3v) is 3.69. The number of hydrogen-bond acceptors (Lipinski definition) is 2. The summed E-state index contributed by atoms with van der Waals surface area (Å²) in [7, 11) is 0. The largest absolute Gasteiger partial charge is 0.481 e. The van der Waals surface area contributed by atoms with Gasteiger partial charge in [-0.25, -0.2) is 0 Å². The number of carbonyl (C=O) groups is 1. The van der Waals surface area contributed by atoms with Crippen LogP contribution in [0.25, 0.3) is 0 Å². The lowest BCUT2D eigenvalue weighted by Gasteiger charge is -2.19. The number of amides is 1. The molecule has 3 heteroatoms. The predicted octanol–water partition coefficient (Wildman–Crippen LogP) is 4.41. The van der Waals surface area contributed by atoms with Crippen LogP contribution in [0.3, 0.4) is 0 Å². The highest BCUT2D eigenvalue weighted by atomic mass is 16.5. The van der Waals surface area contributed by atoms with Crippen molar-refractivity contribution in [3.8, 4) is 5.75 Å². The van der Waals surface area contributed by atoms with Crippen molar-refractivity contribution in [2.75, 3.05) is 5.32 Å². The Hall–Kier alpha value is -2.29. The third-order valence-electron chi connectivity index (χ3n) is 3.69. The lowest BCUT2D eigenvalue weighted by atomic mass is 10.1. The second kappa shape index (κ2) is 7.12. The van der Waals surface area contributed by atoms with Gasteiger partial charge in [-0.2, -0.15) is 0 Å². The molecule has 1 amide bonds. The molecule has 0 saturated carbocycles. The van der Waals surface area contributed by atoms with Gasteiger partial charge >= 0.3 is 0 Å². The highest BCUT2D eigenvalue weighted by molar-refractivity contribution is 5.95. The highest BCUT2D eigenvalue weighted by Crippen LogP contribution is 2.21. The van der Waals surface area contributed by atoms with Crippen LogP contribution in [0.1, 0.15) is 30.0 Å². The second-order valence-electron chi connectivity index (χ2n) is 5.58. The molecule has 116 valence electrons. The quantitative estimate of drug-likeness (QED) is 0.888. The summed E-state index contributed by atoms with van der Waals surface area (Å²) in [6.07, 6.45) is 0.117. The Balaban J connectivity index is 2.10. The van der Waals surface area contributed by atoms with Gasteiger partial charge < -0.3 is 10.1 Å². The monoisotopic (exact) mass is 297 g/mol. The van der Waals surface area contributed by atoms with Gasteiger partial charge in [-0.05, 0) is 50.5 Å². The number of ether oxygens (including phenoxy) is 1. The number of anilines is 1. The van der Waals surface area contributed by atoms with Gasteiger partial charge in [-0.1, -0.05) is 42.8 Å². The zero-order chi connectivity index (χ0) is 16.1. The number of nitrogens with one attached hydrogen (secondary N) is 1. The Morgan fingerprint density at radius 1 is 1.05 bits per heavy atom. The van der Waals surface area contributed by atoms with Crippen LogP contribution in [0.15, 0.2) is 42.5 Å². The van der Waals surface area contributed by atoms with E-state index in [4.69, 9.17) is 4.74 Å². The summed E-state index contributed by atoms with van der Waals surface area (Å²) in [5.74, 6) is 0.606. The molecule has 2 aromatic carbocycles. The minimum atomic E-state index is -0.498. The standard InChI is InChI=1S/C19H23NO2/c1-5-17(22-16-11-9-13(2)10-12-16)19(21)20-18-14(3)7-6-8-15(18)4/h6-12,17H,5H2,1-4H3,(H,20,21). The average molecular weight is 297 g/mol. The first-order valence-corrected chi connectivity index (χ1v) is 7.61. The fraction of sp³-hybridized carbons (Fsp3) is 0.316. The minimum Gasteiger partial charge on any atom is -0.481 e. The fourth-order valence-corrected chi connectivity index (χ4v) is 2.32. The molecule has 2 rings (SSSR count). The molecule has 0 spiro atoms. The highest BCUT2D eigenvalue weighted by Gasteiger charge is 2.19. The predicted molar refractivity (Wildman–Crippen MR) is 90.4 cm³/mol. The molecule has 0 aromatic heterocycles. The van der Waals surface area contributed by atoms with Crippen molar-refractivity contribution in [1.29, 1.82) is 0 Å². The molecule has 1 atom stereocenters. The zero-order valence-electron chi connectivity index (χ0n) is 13.6. The van der Waals surface area contributed by atoms with Gasteiger partial charge in [0, 0.05) is 5.69 Å². The van der Waals surface area contributed by atoms with E-state index < -0.39 is 6.10 Å². The van der Waals surface area contributed by atoms with Crippen LogP contribution in [0, 0.1) is 20.8 Å². The lowest BCUT2D eigenvalue weighted by Crippen LogP contribution is -2.32. The van der Waals surface area contributed by atoms with E-state index in [0.717, 1.165) is 16.8 Å². The topological polar surface area (TPSA) is 38.3 Å². The van der Waals surface area contributed by atoms with Gasteiger partial charge in [-0.3, -0.25) is 4.79 Å². The number of carbonyl (C=O) groups excluding carboxylic acids is 1. The molecule has 3 nitrogen and oxygen atoms in total. The Kier molecular flexibility index (Phi) is 5.21. The number of rotatable bonds is 5. The molecule has 0 fully saturated rings. The molecule has 2 aromatic rings. The van der Waals surface area contributed by atoms with Crippen LogP contribution in [0.2, 0.25) is 0 Å². The molecular formula is C19H23NO2. The molecular weight excluding hydrogens is 274 g/mol. The lowest BCUT2D eigenvalue weighted by molar-refractivity contribution is -0.122. The van der Waals surface area contributed by atoms with Crippen LogP contribution in [-0.4, -0.2) is 12.0 Å². The van der Waals surface area contributed by atoms with Crippen LogP contribution in [0.4, 0.5) is 5.69 Å². The Bertz CT molecular complexity index is 627. The van der Waals surface area contributed by atoms with Gasteiger partial charge in [0.05, 0.1) is 0 Å². The maximum Gasteiger partial charge on any atom is 0.265 e. The minimum absolute atomic E-state index is 0.111. The van der Waals surface area contributed by atoms with E-state index in [9.17, 15) is 4.79 Å². The molecule has 0 bridgehead atoms. The van der Waals surface area contributed by atoms with Crippen molar-refractivity contribution in [2.45, 2.75) is 40.2 Å². The van der Waals surface area contributed by atoms with Crippen LogP contribution < -0.4 is 10.1 Å². The Morgan fingerprint density at radius 2 is 1.64 bits per heavy atom. The van der Waals surface area contributed by atoms with Crippen molar-refractivity contribution in [3.05, 3.63) is 59.2 Å². The van der Waals surface area contributed by atoms with Crippen molar-refractivity contribution in [2.24, 2.45) is 0 Å². The summed E-state index contributed by atoms with van der Waals surface area (Å²) in [5, 5.41) is 3.00. The van der Waals surface area contributed by atoms with Crippen molar-refractivity contribution >= 4 is 11.6 Å². The summed E-state index contributed by atoms with van der Waals surface area (Å²) in [5.41, 5.74) is 4.15. The smallest absolute Gasteiger partial charge is 0.265 e. The number of hydrogen-bond donors (Lipinski definition) is 1. The van der Waals surface area contributed by atoms with E-state index in [1.54, 1.807) is 0 Å². The fourth-order valence-electron chi connectivity index (χ4n) is 2.32. The first-order valence-electron chi connectivity index (χ1n) is 7.61. The summed E-state index contributed by atoms with van der Waals surface area (Å²) >= 11 is 0. The molecule has 0 heterocycles. The van der Waals surface area contributed by atoms with Gasteiger partial charge in [0.25, 0.3) is 5.91 Å². The van der Waals surface area contributed by atoms with Crippen LogP contribution in [0.5, 0.6) is 5.75 Å². The first-order chi connectivity index (χ1) is 10.5. The number of aryl methyl sites for hydroxylation is 3. The van der Waals surface area contributed by atoms with E-state index in [-0.39, 0.29) is 5.91 Å². The van der Waals surface area contributed by atoms with Gasteiger partial charge in [0.1, 0.15) is 5.75 Å². The SMILES string of the molecule is CCC(Oc1ccc(C)cc1)C(=O)Nc1c(C)cccc1C. The first kappa shape index (κ1) is 16.1. The maximum absolute atomic E-state index is 12.5. The van der Waals surface area contributed by atoms with Gasteiger partial charge in [0.2, 0.25) is 0 Å². The molecule has 22 heavy (non-hydrogen) atoms. The van der Waals surface area contributed by atoms with Crippen molar-refractivity contribution in [1.82, 2.24) is 0 Å². The molecule has 0 aliphatic carbocycles. The van der Waals surface area contributed by atoms with Crippen LogP contribution >= 0.6 is 0 Å². The summed E-state index contributed by atoms with van der Waals surface area (Å²) in [6.45, 7) is 7.95.